The van der Waals surface area contributed by atoms with Gasteiger partial charge in [0.15, 0.2) is 0 Å². The van der Waals surface area contributed by atoms with Gasteiger partial charge < -0.3 is 10.1 Å². The number of rotatable bonds is 8. The molecular formula is C31H41N3O2. The van der Waals surface area contributed by atoms with Crippen molar-refractivity contribution in [1.82, 2.24) is 15.1 Å². The molecule has 192 valence electrons. The molecule has 2 saturated heterocycles. The summed E-state index contributed by atoms with van der Waals surface area (Å²) < 4.78 is 5.54. The van der Waals surface area contributed by atoms with Crippen molar-refractivity contribution in [2.24, 2.45) is 0 Å². The molecule has 2 bridgehead atoms. The van der Waals surface area contributed by atoms with Gasteiger partial charge in [-0.05, 0) is 73.1 Å². The molecule has 0 spiro atoms. The monoisotopic (exact) mass is 487 g/mol. The second-order valence-corrected chi connectivity index (χ2v) is 10.8. The molecule has 3 fully saturated rings. The highest BCUT2D eigenvalue weighted by Gasteiger charge is 2.37. The van der Waals surface area contributed by atoms with Crippen LogP contribution in [0.2, 0.25) is 0 Å². The molecule has 5 heteroatoms. The number of likely N-dealkylation sites (tertiary alicyclic amines) is 1. The summed E-state index contributed by atoms with van der Waals surface area (Å²) in [5, 5.41) is 3.30. The van der Waals surface area contributed by atoms with Gasteiger partial charge in [0.1, 0.15) is 5.75 Å². The van der Waals surface area contributed by atoms with E-state index in [0.717, 1.165) is 61.5 Å². The summed E-state index contributed by atoms with van der Waals surface area (Å²) in [4.78, 5) is 18.5. The highest BCUT2D eigenvalue weighted by atomic mass is 16.5. The molecule has 1 amide bonds. The Labute approximate surface area is 216 Å². The van der Waals surface area contributed by atoms with Crippen LogP contribution in [0, 0.1) is 0 Å². The first kappa shape index (κ1) is 25.0. The molecule has 5 rings (SSSR count). The Bertz CT molecular complexity index is 1060. The average Bonchev–Trinajstić information content (AvgIpc) is 3.19. The summed E-state index contributed by atoms with van der Waals surface area (Å²) in [5.41, 5.74) is 4.27. The topological polar surface area (TPSA) is 44.8 Å². The van der Waals surface area contributed by atoms with E-state index in [-0.39, 0.29) is 5.91 Å². The third-order valence-electron chi connectivity index (χ3n) is 8.45. The van der Waals surface area contributed by atoms with Gasteiger partial charge in [-0.2, -0.15) is 0 Å². The van der Waals surface area contributed by atoms with Gasteiger partial charge in [-0.25, -0.2) is 0 Å². The lowest BCUT2D eigenvalue weighted by molar-refractivity contribution is 0.0927. The fourth-order valence-corrected chi connectivity index (χ4v) is 6.48. The van der Waals surface area contributed by atoms with E-state index < -0.39 is 0 Å². The van der Waals surface area contributed by atoms with Crippen molar-refractivity contribution in [2.45, 2.75) is 76.0 Å². The lowest BCUT2D eigenvalue weighted by Gasteiger charge is -2.29. The number of fused-ring (bicyclic) bond motifs is 2. The van der Waals surface area contributed by atoms with Crippen LogP contribution in [0.15, 0.2) is 55.1 Å². The molecule has 2 aliphatic heterocycles. The molecule has 2 atom stereocenters. The molecule has 2 unspecified atom stereocenters. The van der Waals surface area contributed by atoms with Crippen molar-refractivity contribution in [2.75, 3.05) is 26.7 Å². The Hall–Kier alpha value is -2.63. The summed E-state index contributed by atoms with van der Waals surface area (Å²) >= 11 is 0. The van der Waals surface area contributed by atoms with E-state index in [2.05, 4.69) is 46.0 Å². The van der Waals surface area contributed by atoms with Gasteiger partial charge in [-0.3, -0.25) is 14.6 Å². The van der Waals surface area contributed by atoms with E-state index in [1.165, 1.54) is 44.1 Å². The minimum atomic E-state index is 0.0486. The van der Waals surface area contributed by atoms with Gasteiger partial charge in [0.2, 0.25) is 0 Å². The molecule has 1 N–H and O–H groups in total. The van der Waals surface area contributed by atoms with Crippen molar-refractivity contribution < 1.29 is 9.53 Å². The fraction of sp³-hybridized carbons (Fsp3) is 0.516. The molecule has 0 radical (unpaired) electrons. The van der Waals surface area contributed by atoms with Crippen LogP contribution in [-0.4, -0.2) is 60.6 Å². The van der Waals surface area contributed by atoms with E-state index >= 15 is 0 Å². The number of carbonyl (C=O) groups is 1. The largest absolute Gasteiger partial charge is 0.497 e. The van der Waals surface area contributed by atoms with Crippen LogP contribution in [0.25, 0.3) is 11.1 Å². The van der Waals surface area contributed by atoms with Crippen LogP contribution >= 0.6 is 0 Å². The Balaban J connectivity index is 1.43. The minimum Gasteiger partial charge on any atom is -0.497 e. The number of amides is 1. The molecule has 2 aromatic carbocycles. The first-order chi connectivity index (χ1) is 17.6. The molecule has 0 aromatic heterocycles. The van der Waals surface area contributed by atoms with Gasteiger partial charge >= 0.3 is 0 Å². The zero-order valence-corrected chi connectivity index (χ0v) is 21.8. The Morgan fingerprint density at radius 3 is 2.69 bits per heavy atom. The van der Waals surface area contributed by atoms with Crippen molar-refractivity contribution in [3.8, 4) is 16.9 Å². The number of hydrogen-bond donors (Lipinski definition) is 1. The van der Waals surface area contributed by atoms with Crippen molar-refractivity contribution in [1.29, 1.82) is 0 Å². The van der Waals surface area contributed by atoms with E-state index in [9.17, 15) is 4.79 Å². The van der Waals surface area contributed by atoms with Crippen LogP contribution in [0.4, 0.5) is 0 Å². The molecule has 5 nitrogen and oxygen atoms in total. The number of methoxy groups -OCH3 is 1. The van der Waals surface area contributed by atoms with E-state index in [0.29, 0.717) is 18.1 Å². The lowest BCUT2D eigenvalue weighted by atomic mass is 9.94. The second-order valence-electron chi connectivity index (χ2n) is 10.8. The van der Waals surface area contributed by atoms with Crippen LogP contribution in [-0.2, 0) is 6.54 Å². The van der Waals surface area contributed by atoms with Crippen molar-refractivity contribution in [3.63, 3.8) is 0 Å². The predicted molar refractivity (Wildman–Crippen MR) is 146 cm³/mol. The summed E-state index contributed by atoms with van der Waals surface area (Å²) in [5.74, 6) is 0.887. The zero-order chi connectivity index (χ0) is 24.9. The van der Waals surface area contributed by atoms with Crippen molar-refractivity contribution in [3.05, 3.63) is 66.2 Å². The third-order valence-corrected chi connectivity index (χ3v) is 8.45. The maximum Gasteiger partial charge on any atom is 0.251 e. The van der Waals surface area contributed by atoms with Crippen molar-refractivity contribution >= 4 is 5.91 Å². The van der Waals surface area contributed by atoms with Crippen LogP contribution in [0.5, 0.6) is 5.75 Å². The highest BCUT2D eigenvalue weighted by molar-refractivity contribution is 5.96. The summed E-state index contributed by atoms with van der Waals surface area (Å²) in [7, 11) is 1.71. The summed E-state index contributed by atoms with van der Waals surface area (Å²) in [6.07, 6.45) is 11.7. The molecule has 36 heavy (non-hydrogen) atoms. The predicted octanol–water partition coefficient (Wildman–Crippen LogP) is 5.65. The zero-order valence-electron chi connectivity index (χ0n) is 21.8. The van der Waals surface area contributed by atoms with Gasteiger partial charge in [0, 0.05) is 49.9 Å². The van der Waals surface area contributed by atoms with Crippen LogP contribution in [0.3, 0.4) is 0 Å². The summed E-state index contributed by atoms with van der Waals surface area (Å²) in [6, 6.07) is 16.1. The number of carbonyl (C=O) groups excluding carboxylic acids is 1. The van der Waals surface area contributed by atoms with E-state index in [4.69, 9.17) is 4.74 Å². The fourth-order valence-electron chi connectivity index (χ4n) is 6.48. The molecule has 2 heterocycles. The Morgan fingerprint density at radius 1 is 1.06 bits per heavy atom. The molecule has 1 aliphatic carbocycles. The van der Waals surface area contributed by atoms with Gasteiger partial charge in [0.05, 0.1) is 7.11 Å². The first-order valence-electron chi connectivity index (χ1n) is 13.8. The minimum absolute atomic E-state index is 0.0486. The first-order valence-corrected chi connectivity index (χ1v) is 13.8. The average molecular weight is 488 g/mol. The number of nitrogens with zero attached hydrogens (tertiary/aromatic N) is 2. The number of nitrogens with one attached hydrogen (secondary N) is 1. The van der Waals surface area contributed by atoms with E-state index in [1.807, 2.05) is 24.3 Å². The SMILES string of the molecule is C=CCN1CCC2CCC(C1)N2Cc1ccc(C(=O)NC2CCCCC2)cc1-c1cccc(OC)c1. The normalized spacial score (nSPS) is 23.2. The van der Waals surface area contributed by atoms with Gasteiger partial charge in [0.25, 0.3) is 5.91 Å². The van der Waals surface area contributed by atoms with Gasteiger partial charge in [-0.1, -0.05) is 43.5 Å². The molecule has 3 aliphatic rings. The maximum atomic E-state index is 13.2. The number of ether oxygens (including phenoxy) is 1. The summed E-state index contributed by atoms with van der Waals surface area (Å²) in [6.45, 7) is 8.09. The maximum absolute atomic E-state index is 13.2. The number of hydrogen-bond acceptors (Lipinski definition) is 4. The lowest BCUT2D eigenvalue weighted by Crippen LogP contribution is -2.39. The smallest absolute Gasteiger partial charge is 0.251 e. The molecule has 1 saturated carbocycles. The number of benzene rings is 2. The Morgan fingerprint density at radius 2 is 1.89 bits per heavy atom. The quantitative estimate of drug-likeness (QED) is 0.489. The van der Waals surface area contributed by atoms with Crippen LogP contribution < -0.4 is 10.1 Å². The standard InChI is InChI=1S/C31H41N3O2/c1-3-17-33-18-16-27-14-15-28(22-33)34(27)21-25-13-12-24(31(35)32-26-9-5-4-6-10-26)20-30(25)23-8-7-11-29(19-23)36-2/h3,7-8,11-13,19-20,26-28H,1,4-6,9-10,14-18,21-22H2,2H3,(H,32,35). The highest BCUT2D eigenvalue weighted by Crippen LogP contribution is 2.35. The van der Waals surface area contributed by atoms with Crippen LogP contribution in [0.1, 0.15) is 67.3 Å². The van der Waals surface area contributed by atoms with Gasteiger partial charge in [-0.15, -0.1) is 6.58 Å². The third kappa shape index (κ3) is 5.68. The molecular weight excluding hydrogens is 446 g/mol. The second kappa shape index (κ2) is 11.6. The molecule has 2 aromatic rings. The van der Waals surface area contributed by atoms with E-state index in [1.54, 1.807) is 7.11 Å². The Kier molecular flexibility index (Phi) is 8.08.